The van der Waals surface area contributed by atoms with Crippen molar-refractivity contribution in [2.24, 2.45) is 11.3 Å². The number of benzene rings is 2. The summed E-state index contributed by atoms with van der Waals surface area (Å²) >= 11 is 0. The summed E-state index contributed by atoms with van der Waals surface area (Å²) in [5, 5.41) is 23.7. The van der Waals surface area contributed by atoms with Crippen LogP contribution in [0.5, 0.6) is 17.4 Å². The molecule has 2 saturated heterocycles. The van der Waals surface area contributed by atoms with Gasteiger partial charge >= 0.3 is 12.1 Å². The first kappa shape index (κ1) is 45.1. The molecule has 1 atom stereocenters. The number of hydrogen-bond donors (Lipinski definition) is 3. The van der Waals surface area contributed by atoms with Crippen molar-refractivity contribution in [2.75, 3.05) is 51.3 Å². The van der Waals surface area contributed by atoms with Crippen molar-refractivity contribution < 1.29 is 55.3 Å². The first-order valence-corrected chi connectivity index (χ1v) is 21.5. The van der Waals surface area contributed by atoms with E-state index >= 15 is 4.79 Å². The van der Waals surface area contributed by atoms with Crippen LogP contribution in [0.1, 0.15) is 75.0 Å². The lowest BCUT2D eigenvalue weighted by Crippen LogP contribution is -2.56. The second-order valence-electron chi connectivity index (χ2n) is 15.6. The zero-order chi connectivity index (χ0) is 44.2. The normalized spacial score (nSPS) is 20.8. The van der Waals surface area contributed by atoms with Crippen LogP contribution in [0.25, 0.3) is 0 Å². The van der Waals surface area contributed by atoms with Crippen LogP contribution in [0.2, 0.25) is 0 Å². The van der Waals surface area contributed by atoms with Gasteiger partial charge in [0.05, 0.1) is 43.7 Å². The molecule has 4 aliphatic rings. The van der Waals surface area contributed by atoms with Crippen LogP contribution in [0.15, 0.2) is 59.6 Å². The summed E-state index contributed by atoms with van der Waals surface area (Å²) in [5.41, 5.74) is -1.45. The number of amides is 2. The molecule has 2 aromatic carbocycles. The highest BCUT2D eigenvalue weighted by Gasteiger charge is 2.59. The molecule has 7 rings (SSSR count). The number of pyridine rings is 1. The first-order valence-electron chi connectivity index (χ1n) is 20.1. The van der Waals surface area contributed by atoms with Crippen molar-refractivity contribution in [3.8, 4) is 23.4 Å². The number of methoxy groups -OCH3 is 2. The number of nitriles is 1. The van der Waals surface area contributed by atoms with Gasteiger partial charge in [-0.05, 0) is 132 Å². The van der Waals surface area contributed by atoms with Gasteiger partial charge in [0.2, 0.25) is 11.8 Å². The molecule has 3 aromatic rings. The number of hydrogen-bond acceptors (Lipinski definition) is 12. The number of ether oxygens (including phenoxy) is 3. The lowest BCUT2D eigenvalue weighted by molar-refractivity contribution is -0.192. The largest absolute Gasteiger partial charge is 0.497 e. The Kier molecular flexibility index (Phi) is 13.5. The summed E-state index contributed by atoms with van der Waals surface area (Å²) in [6.07, 6.45) is 4.08. The van der Waals surface area contributed by atoms with Gasteiger partial charge in [-0.2, -0.15) is 22.7 Å². The molecule has 4 heterocycles. The van der Waals surface area contributed by atoms with Crippen molar-refractivity contribution in [3.05, 3.63) is 71.4 Å². The smallest absolute Gasteiger partial charge is 0.490 e. The Labute approximate surface area is 352 Å². The van der Waals surface area contributed by atoms with Gasteiger partial charge in [-0.1, -0.05) is 0 Å². The molecule has 328 valence electrons. The van der Waals surface area contributed by atoms with Crippen LogP contribution in [0, 0.1) is 22.7 Å². The van der Waals surface area contributed by atoms with Crippen molar-refractivity contribution in [1.29, 1.82) is 5.26 Å². The Morgan fingerprint density at radius 3 is 2.26 bits per heavy atom. The highest BCUT2D eigenvalue weighted by molar-refractivity contribution is 7.93. The molecular formula is C42H49F3N6O9S. The predicted molar refractivity (Wildman–Crippen MR) is 214 cm³/mol. The van der Waals surface area contributed by atoms with Gasteiger partial charge in [0.25, 0.3) is 15.9 Å². The van der Waals surface area contributed by atoms with Crippen molar-refractivity contribution in [1.82, 2.24) is 20.5 Å². The van der Waals surface area contributed by atoms with E-state index in [0.29, 0.717) is 28.9 Å². The number of piperidine rings is 2. The highest BCUT2D eigenvalue weighted by Crippen LogP contribution is 2.51. The zero-order valence-corrected chi connectivity index (χ0v) is 34.9. The number of nitrogens with one attached hydrogen (secondary N) is 2. The van der Waals surface area contributed by atoms with Gasteiger partial charge < -0.3 is 34.9 Å². The van der Waals surface area contributed by atoms with Crippen molar-refractivity contribution in [2.45, 2.75) is 80.9 Å². The number of carboxylic acid groups (broad SMARTS) is 1. The molecule has 1 aromatic heterocycles. The third-order valence-corrected chi connectivity index (χ3v) is 14.0. The van der Waals surface area contributed by atoms with Crippen LogP contribution < -0.4 is 29.1 Å². The van der Waals surface area contributed by atoms with Crippen LogP contribution in [0.4, 0.5) is 18.9 Å². The minimum absolute atomic E-state index is 0.00780. The van der Waals surface area contributed by atoms with Crippen molar-refractivity contribution >= 4 is 33.5 Å². The van der Waals surface area contributed by atoms with E-state index in [1.807, 2.05) is 0 Å². The number of carbonyl (C=O) groups excluding carboxylic acids is 2. The number of sulfonamides is 1. The van der Waals surface area contributed by atoms with E-state index in [1.165, 1.54) is 69.7 Å². The minimum atomic E-state index is -5.08. The van der Waals surface area contributed by atoms with E-state index < -0.39 is 39.5 Å². The molecule has 1 saturated carbocycles. The Bertz CT molecular complexity index is 2260. The first-order chi connectivity index (χ1) is 29.0. The SMILES string of the molecule is CCOc1ncccc1C1(NC(=O)C2CCC3(CC2)CCN(C2CCNCC2)CC3)C(=O)N(S(=O)(=O)c2ccc(OC)cc2OC)c2ccc(C#N)cc21.O=C(O)C(F)(F)F. The molecule has 2 amide bonds. The number of rotatable bonds is 10. The van der Waals surface area contributed by atoms with E-state index in [-0.39, 0.29) is 56.8 Å². The van der Waals surface area contributed by atoms with Crippen LogP contribution in [0.3, 0.4) is 0 Å². The number of carbonyl (C=O) groups is 3. The molecule has 0 radical (unpaired) electrons. The highest BCUT2D eigenvalue weighted by atomic mass is 32.2. The van der Waals surface area contributed by atoms with E-state index in [4.69, 9.17) is 24.1 Å². The molecule has 1 aliphatic carbocycles. The molecule has 3 aliphatic heterocycles. The van der Waals surface area contributed by atoms with E-state index in [1.54, 1.807) is 19.1 Å². The quantitative estimate of drug-likeness (QED) is 0.243. The van der Waals surface area contributed by atoms with Crippen molar-refractivity contribution in [3.63, 3.8) is 0 Å². The molecule has 61 heavy (non-hydrogen) atoms. The number of fused-ring (bicyclic) bond motifs is 1. The lowest BCUT2D eigenvalue weighted by atomic mass is 9.65. The topological polar surface area (TPSA) is 200 Å². The molecular weight excluding hydrogens is 822 g/mol. The van der Waals surface area contributed by atoms with Crippen LogP contribution in [-0.2, 0) is 29.9 Å². The predicted octanol–water partition coefficient (Wildman–Crippen LogP) is 5.12. The summed E-state index contributed by atoms with van der Waals surface area (Å²) in [5.74, 6) is -4.11. The molecule has 3 N–H and O–H groups in total. The maximum absolute atomic E-state index is 15.3. The standard InChI is InChI=1S/C40H48N6O7S.C2HF3O2/c1-4-53-37-31(6-5-19-43-37)40(44-36(47)28-11-15-39(16-12-28)17-22-45(23-18-39)29-13-20-42-21-14-29)32-24-27(26-41)7-9-33(32)46(38(40)48)54(49,50)35-10-8-30(51-2)25-34(35)52-3;3-2(4,5)1(6)7/h5-10,19,24-25,28-29,42H,4,11-18,20-23H2,1-3H3,(H,44,47);(H,6,7). The summed E-state index contributed by atoms with van der Waals surface area (Å²) in [6.45, 7) is 6.24. The number of aromatic nitrogens is 1. The molecule has 3 fully saturated rings. The Morgan fingerprint density at radius 1 is 1.00 bits per heavy atom. The summed E-state index contributed by atoms with van der Waals surface area (Å²) in [6, 6.07) is 14.5. The number of carboxylic acids is 1. The maximum Gasteiger partial charge on any atom is 0.490 e. The van der Waals surface area contributed by atoms with E-state index in [2.05, 4.69) is 26.6 Å². The molecule has 15 nitrogen and oxygen atoms in total. The Hall–Kier alpha value is -5.45. The zero-order valence-electron chi connectivity index (χ0n) is 34.1. The van der Waals surface area contributed by atoms with E-state index in [0.717, 1.165) is 51.9 Å². The Balaban J connectivity index is 0.000000819. The van der Waals surface area contributed by atoms with Crippen LogP contribution in [-0.4, -0.2) is 100 Å². The van der Waals surface area contributed by atoms with Gasteiger partial charge in [0, 0.05) is 29.8 Å². The average molecular weight is 871 g/mol. The number of halogens is 3. The third kappa shape index (κ3) is 8.98. The summed E-state index contributed by atoms with van der Waals surface area (Å²) in [4.78, 5) is 45.6. The molecule has 0 bridgehead atoms. The second-order valence-corrected chi connectivity index (χ2v) is 17.3. The molecule has 19 heteroatoms. The third-order valence-electron chi connectivity index (χ3n) is 12.3. The molecule has 1 unspecified atom stereocenters. The fraction of sp³-hybridized carbons (Fsp3) is 0.500. The number of aliphatic carboxylic acids is 1. The minimum Gasteiger partial charge on any atom is -0.497 e. The average Bonchev–Trinajstić information content (AvgIpc) is 3.51. The number of anilines is 1. The fourth-order valence-corrected chi connectivity index (χ4v) is 10.6. The monoisotopic (exact) mass is 870 g/mol. The Morgan fingerprint density at radius 2 is 1.67 bits per heavy atom. The van der Waals surface area contributed by atoms with Gasteiger partial charge in [-0.3, -0.25) is 9.59 Å². The number of alkyl halides is 3. The number of nitrogens with zero attached hydrogens (tertiary/aromatic N) is 4. The maximum atomic E-state index is 15.3. The van der Waals surface area contributed by atoms with Gasteiger partial charge in [-0.15, -0.1) is 0 Å². The summed E-state index contributed by atoms with van der Waals surface area (Å²) in [7, 11) is -1.91. The van der Waals surface area contributed by atoms with Gasteiger partial charge in [-0.25, -0.2) is 18.2 Å². The summed E-state index contributed by atoms with van der Waals surface area (Å²) < 4.78 is 78.5. The lowest BCUT2D eigenvalue weighted by Gasteiger charge is -2.48. The fourth-order valence-electron chi connectivity index (χ4n) is 8.98. The van der Waals surface area contributed by atoms with E-state index in [9.17, 15) is 31.6 Å². The van der Waals surface area contributed by atoms with Gasteiger partial charge in [0.15, 0.2) is 5.54 Å². The van der Waals surface area contributed by atoms with Crippen LogP contribution >= 0.6 is 0 Å². The number of likely N-dealkylation sites (tertiary alicyclic amines) is 1. The second kappa shape index (κ2) is 18.3. The molecule has 1 spiro atoms. The van der Waals surface area contributed by atoms with Gasteiger partial charge in [0.1, 0.15) is 16.4 Å².